The molecular formula is C11H13. The summed E-state index contributed by atoms with van der Waals surface area (Å²) in [7, 11) is 0. The van der Waals surface area contributed by atoms with Crippen LogP contribution < -0.4 is 0 Å². The fourth-order valence-electron chi connectivity index (χ4n) is 1.54. The molecule has 1 unspecified atom stereocenters. The second-order valence-corrected chi connectivity index (χ2v) is 3.44. The van der Waals surface area contributed by atoms with E-state index in [1.165, 1.54) is 18.4 Å². The smallest absolute Gasteiger partial charge is 0.0146 e. The molecule has 1 atom stereocenters. The minimum Gasteiger partial charge on any atom is -0.0619 e. The van der Waals surface area contributed by atoms with E-state index >= 15 is 0 Å². The summed E-state index contributed by atoms with van der Waals surface area (Å²) in [5, 5.41) is 0. The molecule has 2 rings (SSSR count). The summed E-state index contributed by atoms with van der Waals surface area (Å²) >= 11 is 0. The zero-order valence-corrected chi connectivity index (χ0v) is 6.88. The zero-order valence-electron chi connectivity index (χ0n) is 6.88. The van der Waals surface area contributed by atoms with Crippen LogP contribution in [0.4, 0.5) is 0 Å². The summed E-state index contributed by atoms with van der Waals surface area (Å²) in [6.07, 6.45) is 2.84. The molecule has 1 saturated carbocycles. The summed E-state index contributed by atoms with van der Waals surface area (Å²) in [4.78, 5) is 0. The van der Waals surface area contributed by atoms with Gasteiger partial charge in [-0.05, 0) is 36.3 Å². The van der Waals surface area contributed by atoms with E-state index in [-0.39, 0.29) is 0 Å². The van der Waals surface area contributed by atoms with Gasteiger partial charge in [0.05, 0.1) is 0 Å². The van der Waals surface area contributed by atoms with Crippen molar-refractivity contribution in [3.05, 3.63) is 35.9 Å². The SMILES string of the molecule is CC(c1[c]cccc1)C1CC1. The molecule has 0 heterocycles. The third-order valence-electron chi connectivity index (χ3n) is 2.55. The lowest BCUT2D eigenvalue weighted by molar-refractivity contribution is 0.663. The number of benzene rings is 1. The van der Waals surface area contributed by atoms with Gasteiger partial charge in [-0.1, -0.05) is 31.2 Å². The maximum Gasteiger partial charge on any atom is -0.0146 e. The molecule has 0 aliphatic heterocycles. The van der Waals surface area contributed by atoms with E-state index < -0.39 is 0 Å². The average molecular weight is 145 g/mol. The maximum absolute atomic E-state index is 3.29. The van der Waals surface area contributed by atoms with Gasteiger partial charge in [-0.15, -0.1) is 0 Å². The van der Waals surface area contributed by atoms with Crippen molar-refractivity contribution in [1.29, 1.82) is 0 Å². The summed E-state index contributed by atoms with van der Waals surface area (Å²) in [6.45, 7) is 2.31. The van der Waals surface area contributed by atoms with Crippen LogP contribution in [0.3, 0.4) is 0 Å². The van der Waals surface area contributed by atoms with E-state index in [4.69, 9.17) is 0 Å². The predicted molar refractivity (Wildman–Crippen MR) is 46.4 cm³/mol. The van der Waals surface area contributed by atoms with Crippen LogP contribution in [0.5, 0.6) is 0 Å². The van der Waals surface area contributed by atoms with Crippen molar-refractivity contribution in [2.24, 2.45) is 5.92 Å². The summed E-state index contributed by atoms with van der Waals surface area (Å²) in [5.74, 6) is 1.69. The van der Waals surface area contributed by atoms with Gasteiger partial charge in [0.25, 0.3) is 0 Å². The van der Waals surface area contributed by atoms with Crippen LogP contribution in [0.25, 0.3) is 0 Å². The lowest BCUT2D eigenvalue weighted by Crippen LogP contribution is -1.94. The lowest BCUT2D eigenvalue weighted by Gasteiger charge is -2.08. The van der Waals surface area contributed by atoms with Crippen LogP contribution in [0.1, 0.15) is 31.2 Å². The predicted octanol–water partition coefficient (Wildman–Crippen LogP) is 3.00. The van der Waals surface area contributed by atoms with E-state index in [9.17, 15) is 0 Å². The monoisotopic (exact) mass is 145 g/mol. The highest BCUT2D eigenvalue weighted by atomic mass is 14.3. The normalized spacial score (nSPS) is 19.7. The molecule has 1 aromatic carbocycles. The van der Waals surface area contributed by atoms with Crippen LogP contribution in [0, 0.1) is 12.0 Å². The molecule has 0 nitrogen and oxygen atoms in total. The number of hydrogen-bond donors (Lipinski definition) is 0. The molecule has 1 aliphatic rings. The summed E-state index contributed by atoms with van der Waals surface area (Å²) in [5.41, 5.74) is 1.38. The molecule has 1 aliphatic carbocycles. The van der Waals surface area contributed by atoms with Gasteiger partial charge in [0.15, 0.2) is 0 Å². The van der Waals surface area contributed by atoms with Gasteiger partial charge in [0, 0.05) is 0 Å². The van der Waals surface area contributed by atoms with Crippen LogP contribution in [-0.4, -0.2) is 0 Å². The van der Waals surface area contributed by atoms with Crippen molar-refractivity contribution in [3.8, 4) is 0 Å². The molecule has 0 amide bonds. The molecule has 0 bridgehead atoms. The minimum absolute atomic E-state index is 0.733. The third kappa shape index (κ3) is 1.45. The van der Waals surface area contributed by atoms with Crippen molar-refractivity contribution < 1.29 is 0 Å². The maximum atomic E-state index is 3.29. The standard InChI is InChI=1S/C11H13/c1-9(11-7-8-11)10-5-3-2-4-6-10/h2-5,9,11H,7-8H2,1H3. The van der Waals surface area contributed by atoms with E-state index in [0.29, 0.717) is 0 Å². The Balaban J connectivity index is 2.15. The Morgan fingerprint density at radius 2 is 2.27 bits per heavy atom. The Kier molecular flexibility index (Phi) is 1.69. The minimum atomic E-state index is 0.733. The fourth-order valence-corrected chi connectivity index (χ4v) is 1.54. The van der Waals surface area contributed by atoms with Crippen LogP contribution in [0.2, 0.25) is 0 Å². The first-order chi connectivity index (χ1) is 5.38. The van der Waals surface area contributed by atoms with Crippen molar-refractivity contribution in [3.63, 3.8) is 0 Å². The van der Waals surface area contributed by atoms with E-state index in [0.717, 1.165) is 11.8 Å². The molecule has 0 saturated heterocycles. The summed E-state index contributed by atoms with van der Waals surface area (Å²) in [6, 6.07) is 11.6. The van der Waals surface area contributed by atoms with E-state index in [2.05, 4.69) is 25.1 Å². The number of rotatable bonds is 2. The van der Waals surface area contributed by atoms with Crippen molar-refractivity contribution in [2.75, 3.05) is 0 Å². The first-order valence-corrected chi connectivity index (χ1v) is 4.34. The van der Waals surface area contributed by atoms with Crippen LogP contribution >= 0.6 is 0 Å². The zero-order chi connectivity index (χ0) is 7.68. The molecular weight excluding hydrogens is 132 g/mol. The third-order valence-corrected chi connectivity index (χ3v) is 2.55. The molecule has 0 heteroatoms. The second kappa shape index (κ2) is 2.69. The lowest BCUT2D eigenvalue weighted by atomic mass is 9.97. The van der Waals surface area contributed by atoms with Gasteiger partial charge >= 0.3 is 0 Å². The molecule has 1 radical (unpaired) electrons. The van der Waals surface area contributed by atoms with Crippen LogP contribution in [-0.2, 0) is 0 Å². The topological polar surface area (TPSA) is 0 Å². The Morgan fingerprint density at radius 3 is 2.82 bits per heavy atom. The molecule has 57 valence electrons. The largest absolute Gasteiger partial charge is 0.0619 e. The van der Waals surface area contributed by atoms with Gasteiger partial charge in [-0.3, -0.25) is 0 Å². The van der Waals surface area contributed by atoms with E-state index in [1.807, 2.05) is 12.1 Å². The second-order valence-electron chi connectivity index (χ2n) is 3.44. The average Bonchev–Trinajstić information content (AvgIpc) is 2.87. The van der Waals surface area contributed by atoms with E-state index in [1.54, 1.807) is 0 Å². The first-order valence-electron chi connectivity index (χ1n) is 4.34. The Labute approximate surface area is 68.3 Å². The van der Waals surface area contributed by atoms with Crippen molar-refractivity contribution >= 4 is 0 Å². The van der Waals surface area contributed by atoms with Gasteiger partial charge < -0.3 is 0 Å². The first kappa shape index (κ1) is 6.90. The molecule has 11 heavy (non-hydrogen) atoms. The highest BCUT2D eigenvalue weighted by Gasteiger charge is 2.28. The Morgan fingerprint density at radius 1 is 1.45 bits per heavy atom. The molecule has 0 N–H and O–H groups in total. The van der Waals surface area contributed by atoms with Gasteiger partial charge in [0.2, 0.25) is 0 Å². The van der Waals surface area contributed by atoms with Crippen molar-refractivity contribution in [2.45, 2.75) is 25.7 Å². The molecule has 0 spiro atoms. The van der Waals surface area contributed by atoms with Gasteiger partial charge in [-0.2, -0.15) is 0 Å². The Hall–Kier alpha value is -0.780. The van der Waals surface area contributed by atoms with Gasteiger partial charge in [-0.25, -0.2) is 0 Å². The highest BCUT2D eigenvalue weighted by Crippen LogP contribution is 2.41. The quantitative estimate of drug-likeness (QED) is 0.600. The molecule has 1 aromatic rings. The Bertz CT molecular complexity index is 221. The van der Waals surface area contributed by atoms with Crippen LogP contribution in [0.15, 0.2) is 24.3 Å². The number of hydrogen-bond acceptors (Lipinski definition) is 0. The summed E-state index contributed by atoms with van der Waals surface area (Å²) < 4.78 is 0. The molecule has 0 aromatic heterocycles. The van der Waals surface area contributed by atoms with Crippen molar-refractivity contribution in [1.82, 2.24) is 0 Å². The molecule has 1 fully saturated rings. The van der Waals surface area contributed by atoms with Gasteiger partial charge in [0.1, 0.15) is 0 Å². The highest BCUT2D eigenvalue weighted by molar-refractivity contribution is 5.19. The fraction of sp³-hybridized carbons (Fsp3) is 0.455.